The summed E-state index contributed by atoms with van der Waals surface area (Å²) in [6, 6.07) is 9.82. The van der Waals surface area contributed by atoms with Gasteiger partial charge in [-0.05, 0) is 37.1 Å². The molecule has 1 aliphatic rings. The van der Waals surface area contributed by atoms with Gasteiger partial charge in [0.2, 0.25) is 5.91 Å². The molecule has 1 atom stereocenters. The standard InChI is InChI=1S/C24H25ClN6O/c1-29-15-17(14-27-29)16-5-7-19(26-13-16)22-4-3-11-31(22)24(32)10-9-23-28-20-12-18(25)6-8-21(20)30(23)2/h5-8,12-15,22H,3-4,9-11H2,1-2H3/t22-/m1/s1. The van der Waals surface area contributed by atoms with Crippen LogP contribution >= 0.6 is 11.6 Å². The van der Waals surface area contributed by atoms with Crippen LogP contribution in [0, 0.1) is 0 Å². The maximum absolute atomic E-state index is 13.1. The fraction of sp³-hybridized carbons (Fsp3) is 0.333. The van der Waals surface area contributed by atoms with Crippen molar-refractivity contribution in [2.75, 3.05) is 6.54 Å². The van der Waals surface area contributed by atoms with E-state index in [1.165, 1.54) is 0 Å². The Morgan fingerprint density at radius 2 is 2.03 bits per heavy atom. The highest BCUT2D eigenvalue weighted by molar-refractivity contribution is 6.31. The molecule has 3 aromatic heterocycles. The largest absolute Gasteiger partial charge is 0.334 e. The van der Waals surface area contributed by atoms with Crippen molar-refractivity contribution in [3.63, 3.8) is 0 Å². The van der Waals surface area contributed by atoms with Crippen LogP contribution in [0.5, 0.6) is 0 Å². The van der Waals surface area contributed by atoms with Crippen molar-refractivity contribution in [3.05, 3.63) is 65.5 Å². The van der Waals surface area contributed by atoms with Crippen LogP contribution in [0.25, 0.3) is 22.2 Å². The number of aryl methyl sites for hydroxylation is 3. The van der Waals surface area contributed by atoms with Gasteiger partial charge < -0.3 is 9.47 Å². The second-order valence-electron chi connectivity index (χ2n) is 8.34. The van der Waals surface area contributed by atoms with Crippen LogP contribution in [-0.2, 0) is 25.3 Å². The predicted octanol–water partition coefficient (Wildman–Crippen LogP) is 4.32. The minimum absolute atomic E-state index is 0.0321. The first-order valence-corrected chi connectivity index (χ1v) is 11.2. The van der Waals surface area contributed by atoms with Gasteiger partial charge >= 0.3 is 0 Å². The Morgan fingerprint density at radius 1 is 1.16 bits per heavy atom. The molecule has 1 fully saturated rings. The smallest absolute Gasteiger partial charge is 0.223 e. The first-order chi connectivity index (χ1) is 15.5. The lowest BCUT2D eigenvalue weighted by molar-refractivity contribution is -0.132. The molecule has 4 heterocycles. The van der Waals surface area contributed by atoms with Gasteiger partial charge in [0.25, 0.3) is 0 Å². The van der Waals surface area contributed by atoms with E-state index in [0.717, 1.165) is 53.1 Å². The van der Waals surface area contributed by atoms with Crippen LogP contribution in [0.3, 0.4) is 0 Å². The quantitative estimate of drug-likeness (QED) is 0.456. The number of carbonyl (C=O) groups excluding carboxylic acids is 1. The number of imidazole rings is 1. The first-order valence-electron chi connectivity index (χ1n) is 10.8. The minimum atomic E-state index is 0.0321. The number of rotatable bonds is 5. The SMILES string of the molecule is Cn1cc(-c2ccc([C@H]3CCCN3C(=O)CCc3nc4cc(Cl)ccc4n3C)nc2)cn1. The van der Waals surface area contributed by atoms with E-state index < -0.39 is 0 Å². The number of pyridine rings is 1. The van der Waals surface area contributed by atoms with Gasteiger partial charge in [-0.3, -0.25) is 14.5 Å². The summed E-state index contributed by atoms with van der Waals surface area (Å²) in [5, 5.41) is 4.89. The van der Waals surface area contributed by atoms with Crippen molar-refractivity contribution in [1.82, 2.24) is 29.2 Å². The number of hydrogen-bond donors (Lipinski definition) is 0. The van der Waals surface area contributed by atoms with Crippen molar-refractivity contribution < 1.29 is 4.79 Å². The van der Waals surface area contributed by atoms with Crippen molar-refractivity contribution in [1.29, 1.82) is 0 Å². The summed E-state index contributed by atoms with van der Waals surface area (Å²) in [4.78, 5) is 24.4. The van der Waals surface area contributed by atoms with Gasteiger partial charge in [-0.25, -0.2) is 4.98 Å². The topological polar surface area (TPSA) is 68.8 Å². The monoisotopic (exact) mass is 448 g/mol. The molecule has 1 saturated heterocycles. The summed E-state index contributed by atoms with van der Waals surface area (Å²) in [7, 11) is 3.88. The Kier molecular flexibility index (Phi) is 5.43. The number of hydrogen-bond acceptors (Lipinski definition) is 4. The van der Waals surface area contributed by atoms with Gasteiger partial charge in [-0.15, -0.1) is 0 Å². The number of aromatic nitrogens is 5. The number of nitrogens with zero attached hydrogens (tertiary/aromatic N) is 6. The molecule has 5 rings (SSSR count). The third-order valence-corrected chi connectivity index (χ3v) is 6.47. The zero-order valence-electron chi connectivity index (χ0n) is 18.2. The first kappa shape index (κ1) is 20.7. The van der Waals surface area contributed by atoms with Crippen LogP contribution in [0.1, 0.15) is 36.8 Å². The molecule has 1 aromatic carbocycles. The van der Waals surface area contributed by atoms with E-state index >= 15 is 0 Å². The number of fused-ring (bicyclic) bond motifs is 1. The normalized spacial score (nSPS) is 16.2. The molecule has 1 aliphatic heterocycles. The lowest BCUT2D eigenvalue weighted by Crippen LogP contribution is -2.31. The van der Waals surface area contributed by atoms with Crippen LogP contribution in [-0.4, -0.2) is 41.7 Å². The molecule has 0 aliphatic carbocycles. The molecule has 0 saturated carbocycles. The van der Waals surface area contributed by atoms with E-state index in [9.17, 15) is 4.79 Å². The summed E-state index contributed by atoms with van der Waals surface area (Å²) in [5.41, 5.74) is 4.89. The molecule has 0 bridgehead atoms. The molecule has 4 aromatic rings. The van der Waals surface area contributed by atoms with Gasteiger partial charge in [0.05, 0.1) is 29.0 Å². The van der Waals surface area contributed by atoms with E-state index in [0.29, 0.717) is 17.9 Å². The fourth-order valence-electron chi connectivity index (χ4n) is 4.52. The Morgan fingerprint density at radius 3 is 2.78 bits per heavy atom. The Hall–Kier alpha value is -3.19. The van der Waals surface area contributed by atoms with E-state index in [4.69, 9.17) is 11.6 Å². The van der Waals surface area contributed by atoms with Crippen LogP contribution in [0.4, 0.5) is 0 Å². The summed E-state index contributed by atoms with van der Waals surface area (Å²) in [6.07, 6.45) is 8.63. The Labute approximate surface area is 191 Å². The Bertz CT molecular complexity index is 1280. The van der Waals surface area contributed by atoms with Crippen LogP contribution < -0.4 is 0 Å². The van der Waals surface area contributed by atoms with Gasteiger partial charge in [0.1, 0.15) is 5.82 Å². The third-order valence-electron chi connectivity index (χ3n) is 6.24. The third kappa shape index (κ3) is 3.88. The molecule has 7 nitrogen and oxygen atoms in total. The highest BCUT2D eigenvalue weighted by atomic mass is 35.5. The second-order valence-corrected chi connectivity index (χ2v) is 8.78. The number of benzene rings is 1. The van der Waals surface area contributed by atoms with E-state index in [1.54, 1.807) is 4.68 Å². The van der Waals surface area contributed by atoms with Crippen molar-refractivity contribution >= 4 is 28.5 Å². The lowest BCUT2D eigenvalue weighted by Gasteiger charge is -2.24. The number of likely N-dealkylation sites (tertiary alicyclic amines) is 1. The molecule has 32 heavy (non-hydrogen) atoms. The van der Waals surface area contributed by atoms with Gasteiger partial charge in [-0.1, -0.05) is 17.7 Å². The second kappa shape index (κ2) is 8.39. The molecular formula is C24H25ClN6O. The van der Waals surface area contributed by atoms with Crippen molar-refractivity contribution in [2.45, 2.75) is 31.7 Å². The van der Waals surface area contributed by atoms with Gasteiger partial charge in [0, 0.05) is 62.0 Å². The summed E-state index contributed by atoms with van der Waals surface area (Å²) >= 11 is 6.09. The van der Waals surface area contributed by atoms with Crippen molar-refractivity contribution in [2.24, 2.45) is 14.1 Å². The maximum atomic E-state index is 13.1. The number of amides is 1. The molecule has 0 N–H and O–H groups in total. The fourth-order valence-corrected chi connectivity index (χ4v) is 4.69. The van der Waals surface area contributed by atoms with E-state index in [-0.39, 0.29) is 11.9 Å². The average molecular weight is 449 g/mol. The summed E-state index contributed by atoms with van der Waals surface area (Å²) in [5.74, 6) is 1.04. The number of carbonyl (C=O) groups is 1. The predicted molar refractivity (Wildman–Crippen MR) is 124 cm³/mol. The molecule has 164 valence electrons. The van der Waals surface area contributed by atoms with Gasteiger partial charge in [0.15, 0.2) is 0 Å². The lowest BCUT2D eigenvalue weighted by atomic mass is 10.1. The number of halogens is 1. The summed E-state index contributed by atoms with van der Waals surface area (Å²) < 4.78 is 3.82. The Balaban J connectivity index is 1.28. The highest BCUT2D eigenvalue weighted by Crippen LogP contribution is 2.32. The molecule has 1 amide bonds. The molecule has 0 spiro atoms. The molecule has 0 unspecified atom stereocenters. The van der Waals surface area contributed by atoms with Crippen molar-refractivity contribution in [3.8, 4) is 11.1 Å². The molecule has 8 heteroatoms. The molecule has 0 radical (unpaired) electrons. The zero-order chi connectivity index (χ0) is 22.2. The van der Waals surface area contributed by atoms with Crippen LogP contribution in [0.15, 0.2) is 48.9 Å². The van der Waals surface area contributed by atoms with E-state index in [2.05, 4.69) is 21.1 Å². The van der Waals surface area contributed by atoms with Crippen LogP contribution in [0.2, 0.25) is 5.02 Å². The van der Waals surface area contributed by atoms with E-state index in [1.807, 2.05) is 66.4 Å². The highest BCUT2D eigenvalue weighted by Gasteiger charge is 2.30. The maximum Gasteiger partial charge on any atom is 0.223 e. The molecular weight excluding hydrogens is 424 g/mol. The minimum Gasteiger partial charge on any atom is -0.334 e. The summed E-state index contributed by atoms with van der Waals surface area (Å²) in [6.45, 7) is 0.772. The zero-order valence-corrected chi connectivity index (χ0v) is 19.0. The average Bonchev–Trinajstić information content (AvgIpc) is 3.51. The van der Waals surface area contributed by atoms with Gasteiger partial charge in [-0.2, -0.15) is 5.10 Å².